The molecule has 0 spiro atoms. The van der Waals surface area contributed by atoms with Gasteiger partial charge in [0.25, 0.3) is 0 Å². The molecule has 0 unspecified atom stereocenters. The molecule has 0 saturated carbocycles. The Morgan fingerprint density at radius 2 is 1.15 bits per heavy atom. The van der Waals surface area contributed by atoms with E-state index in [-0.39, 0.29) is 6.61 Å². The van der Waals surface area contributed by atoms with E-state index in [1.807, 2.05) is 97.1 Å². The summed E-state index contributed by atoms with van der Waals surface area (Å²) in [5, 5.41) is 0. The van der Waals surface area contributed by atoms with Gasteiger partial charge in [-0.15, -0.1) is 0 Å². The second-order valence-electron chi connectivity index (χ2n) is 9.73. The average Bonchev–Trinajstić information content (AvgIpc) is 3.03. The van der Waals surface area contributed by atoms with E-state index in [9.17, 15) is 22.8 Å². The Morgan fingerprint density at radius 1 is 0.681 bits per heavy atom. The summed E-state index contributed by atoms with van der Waals surface area (Å²) in [6, 6.07) is 22.9. The van der Waals surface area contributed by atoms with E-state index in [1.54, 1.807) is 12.1 Å². The molecule has 14 heteroatoms. The maximum Gasteiger partial charge on any atom is 0.422 e. The van der Waals surface area contributed by atoms with Gasteiger partial charge in [0, 0.05) is 0 Å². The lowest BCUT2D eigenvalue weighted by atomic mass is 10.1. The number of alkyl halides is 3. The third-order valence-electron chi connectivity index (χ3n) is 6.08. The number of rotatable bonds is 13. The Hall–Kier alpha value is -3.00. The molecule has 0 radical (unpaired) electrons. The van der Waals surface area contributed by atoms with Crippen LogP contribution in [0.3, 0.4) is 0 Å². The maximum atomic E-state index is 12.2. The first-order valence-corrected chi connectivity index (χ1v) is 18.0. The van der Waals surface area contributed by atoms with Gasteiger partial charge in [-0.3, -0.25) is 0 Å². The number of hydrogen-bond donors (Lipinski definition) is 0. The molecule has 8 nitrogen and oxygen atoms in total. The molecule has 4 rings (SSSR count). The fraction of sp³-hybridized carbons (Fsp3) is 0.212. The van der Waals surface area contributed by atoms with E-state index in [0.29, 0.717) is 41.6 Å². The molecule has 0 bridgehead atoms. The lowest BCUT2D eigenvalue weighted by Gasteiger charge is -2.13. The van der Waals surface area contributed by atoms with Crippen LogP contribution in [0.25, 0.3) is 0 Å². The Labute approximate surface area is 306 Å². The van der Waals surface area contributed by atoms with E-state index in [1.165, 1.54) is 14.3 Å². The van der Waals surface area contributed by atoms with Crippen molar-refractivity contribution in [2.45, 2.75) is 20.0 Å². The number of benzene rings is 4. The van der Waals surface area contributed by atoms with Gasteiger partial charge in [-0.25, -0.2) is 9.59 Å². The topological polar surface area (TPSA) is 89.5 Å². The van der Waals surface area contributed by atoms with Gasteiger partial charge < -0.3 is 28.4 Å². The number of hydrogen-bond acceptors (Lipinski definition) is 8. The number of ether oxygens (including phenoxy) is 6. The number of carbonyl (C=O) groups excluding carboxylic acids is 2. The molecule has 248 valence electrons. The van der Waals surface area contributed by atoms with E-state index in [2.05, 4.69) is 32.1 Å². The monoisotopic (exact) mass is 989 g/mol. The molecule has 0 aliphatic rings. The van der Waals surface area contributed by atoms with Crippen molar-refractivity contribution in [2.24, 2.45) is 0 Å². The van der Waals surface area contributed by atoms with Gasteiger partial charge in [0.2, 0.25) is 0 Å². The molecule has 0 aliphatic carbocycles. The molecular weight excluding hydrogens is 962 g/mol. The number of halogens is 6. The number of aryl methyl sites for hydroxylation is 2. The largest absolute Gasteiger partial charge is 0.482 e. The van der Waals surface area contributed by atoms with Crippen molar-refractivity contribution in [3.8, 4) is 34.5 Å². The van der Waals surface area contributed by atoms with Crippen molar-refractivity contribution in [3.63, 3.8) is 0 Å². The Morgan fingerprint density at radius 3 is 1.72 bits per heavy atom. The van der Waals surface area contributed by atoms with Crippen LogP contribution in [0.2, 0.25) is 0 Å². The summed E-state index contributed by atoms with van der Waals surface area (Å²) in [5.74, 6) is 1.95. The van der Waals surface area contributed by atoms with Crippen LogP contribution in [0.4, 0.5) is 13.2 Å². The van der Waals surface area contributed by atoms with Gasteiger partial charge in [-0.1, -0.05) is 0 Å². The predicted molar refractivity (Wildman–Crippen MR) is 178 cm³/mol. The summed E-state index contributed by atoms with van der Waals surface area (Å²) in [4.78, 5) is 23.0. The van der Waals surface area contributed by atoms with Gasteiger partial charge in [0.1, 0.15) is 34.5 Å². The van der Waals surface area contributed by atoms with Gasteiger partial charge in [0.05, 0.1) is 14.3 Å². The minimum absolute atomic E-state index is 0.162. The molecule has 0 heterocycles. The summed E-state index contributed by atoms with van der Waals surface area (Å²) < 4.78 is 72.3. The van der Waals surface area contributed by atoms with E-state index < -0.39 is 52.5 Å². The number of carbonyl (C=O) groups is 2. The normalized spacial score (nSPS) is 11.1. The predicted octanol–water partition coefficient (Wildman–Crippen LogP) is 5.26. The second-order valence-corrected chi connectivity index (χ2v) is 15.1. The van der Waals surface area contributed by atoms with Gasteiger partial charge in [0.15, 0.2) is 27.0 Å². The van der Waals surface area contributed by atoms with E-state index in [4.69, 9.17) is 18.9 Å². The summed E-state index contributed by atoms with van der Waals surface area (Å²) in [6.45, 7) is 1.33. The van der Waals surface area contributed by atoms with Crippen LogP contribution < -0.4 is 40.2 Å². The van der Waals surface area contributed by atoms with Crippen LogP contribution >= 0.6 is 45.2 Å². The smallest absolute Gasteiger partial charge is 0.422 e. The highest BCUT2D eigenvalue weighted by atomic mass is 127. The molecule has 4 aromatic rings. The summed E-state index contributed by atoms with van der Waals surface area (Å²) in [5.41, 5.74) is 1.71. The first-order valence-electron chi connectivity index (χ1n) is 13.7. The highest BCUT2D eigenvalue weighted by Gasteiger charge is 2.29. The quantitative estimate of drug-likeness (QED) is 0.133. The van der Waals surface area contributed by atoms with Gasteiger partial charge in [-0.2, -0.15) is 13.2 Å². The lowest BCUT2D eigenvalue weighted by molar-refractivity contribution is -0.597. The summed E-state index contributed by atoms with van der Waals surface area (Å²) in [7, 11) is 1.31. The van der Waals surface area contributed by atoms with Crippen molar-refractivity contribution in [3.05, 3.63) is 98.2 Å². The van der Waals surface area contributed by atoms with Gasteiger partial charge in [-0.05, 0) is 143 Å². The standard InChI is InChI=1S/C33H27F3I3O8/c1-19-13-28(20(2)12-27(19)43-16-31(40)42-3)46-23-8-4-21(5-9-23)39-22-6-10-24(11-7-22)47-30-15-25(37)29(14-26(30)38)44-17-32(41)45-18-33(34,35)36/h4-15H,16-18H2,1-3H3/q+1. The summed E-state index contributed by atoms with van der Waals surface area (Å²) >= 11 is 3.59. The SMILES string of the molecule is COC(=O)COc1cc(C)c(Oc2ccc([I+]c3ccc(Oc4cc(I)c(OCC(=O)OCC(F)(F)F)cc4I)cc3)cc2)cc1C. The zero-order valence-electron chi connectivity index (χ0n) is 25.1. The second kappa shape index (κ2) is 16.9. The third-order valence-corrected chi connectivity index (χ3v) is 10.4. The van der Waals surface area contributed by atoms with Gasteiger partial charge >= 0.3 is 39.3 Å². The highest BCUT2D eigenvalue weighted by molar-refractivity contribution is 14.1. The fourth-order valence-electron chi connectivity index (χ4n) is 3.78. The minimum atomic E-state index is -4.60. The van der Waals surface area contributed by atoms with Crippen molar-refractivity contribution >= 4 is 57.1 Å². The zero-order valence-corrected chi connectivity index (χ0v) is 31.6. The molecule has 0 N–H and O–H groups in total. The number of methoxy groups -OCH3 is 1. The summed E-state index contributed by atoms with van der Waals surface area (Å²) in [6.07, 6.45) is -4.60. The minimum Gasteiger partial charge on any atom is -0.482 e. The van der Waals surface area contributed by atoms with Crippen molar-refractivity contribution in [2.75, 3.05) is 26.9 Å². The fourth-order valence-corrected chi connectivity index (χ4v) is 7.08. The van der Waals surface area contributed by atoms with Crippen molar-refractivity contribution in [1.82, 2.24) is 0 Å². The molecule has 0 aliphatic heterocycles. The van der Waals surface area contributed by atoms with Crippen molar-refractivity contribution in [1.29, 1.82) is 0 Å². The Kier molecular flexibility index (Phi) is 13.2. The average molecular weight is 989 g/mol. The molecule has 0 atom stereocenters. The van der Waals surface area contributed by atoms with E-state index in [0.717, 1.165) is 11.1 Å². The molecular formula is C33H27F3I3O8+. The van der Waals surface area contributed by atoms with E-state index >= 15 is 0 Å². The zero-order chi connectivity index (χ0) is 34.1. The van der Waals surface area contributed by atoms with Crippen LogP contribution in [0.5, 0.6) is 34.5 Å². The Bertz CT molecular complexity index is 1710. The maximum absolute atomic E-state index is 12.2. The van der Waals surface area contributed by atoms with Crippen LogP contribution in [-0.4, -0.2) is 45.0 Å². The number of esters is 2. The molecule has 4 aromatic carbocycles. The first-order chi connectivity index (χ1) is 22.3. The molecule has 0 aromatic heterocycles. The highest BCUT2D eigenvalue weighted by Crippen LogP contribution is 2.34. The van der Waals surface area contributed by atoms with Crippen LogP contribution in [0.1, 0.15) is 11.1 Å². The van der Waals surface area contributed by atoms with Crippen molar-refractivity contribution < 1.29 is 72.4 Å². The third kappa shape index (κ3) is 11.6. The Balaban J connectivity index is 1.31. The lowest BCUT2D eigenvalue weighted by Crippen LogP contribution is -3.61. The first kappa shape index (κ1) is 36.8. The van der Waals surface area contributed by atoms with Crippen LogP contribution in [-0.2, 0) is 19.1 Å². The molecule has 0 amide bonds. The van der Waals surface area contributed by atoms with Crippen LogP contribution in [0, 0.1) is 28.1 Å². The molecule has 0 fully saturated rings. The molecule has 0 saturated heterocycles. The van der Waals surface area contributed by atoms with Crippen LogP contribution in [0.15, 0.2) is 72.8 Å². The molecule has 47 heavy (non-hydrogen) atoms.